The van der Waals surface area contributed by atoms with E-state index < -0.39 is 17.5 Å². The summed E-state index contributed by atoms with van der Waals surface area (Å²) >= 11 is 0. The van der Waals surface area contributed by atoms with Gasteiger partial charge in [-0.05, 0) is 73.5 Å². The first-order valence-electron chi connectivity index (χ1n) is 13.7. The van der Waals surface area contributed by atoms with Crippen LogP contribution in [0.3, 0.4) is 0 Å². The van der Waals surface area contributed by atoms with Gasteiger partial charge in [0, 0.05) is 30.4 Å². The summed E-state index contributed by atoms with van der Waals surface area (Å²) in [5, 5.41) is 9.27. The number of nitrogens with one attached hydrogen (secondary N) is 3. The van der Waals surface area contributed by atoms with Gasteiger partial charge in [0.2, 0.25) is 11.8 Å². The van der Waals surface area contributed by atoms with E-state index >= 15 is 0 Å². The quantitative estimate of drug-likeness (QED) is 0.222. The number of aromatic nitrogens is 2. The maximum absolute atomic E-state index is 14.1. The molecule has 2 aliphatic heterocycles. The van der Waals surface area contributed by atoms with Gasteiger partial charge in [-0.2, -0.15) is 0 Å². The van der Waals surface area contributed by atoms with Crippen LogP contribution >= 0.6 is 24.8 Å². The molecule has 2 aliphatic rings. The zero-order valence-corrected chi connectivity index (χ0v) is 25.0. The van der Waals surface area contributed by atoms with Gasteiger partial charge < -0.3 is 25.4 Å². The summed E-state index contributed by atoms with van der Waals surface area (Å²) in [6, 6.07) is 12.7. The van der Waals surface area contributed by atoms with Gasteiger partial charge in [-0.3, -0.25) is 4.79 Å². The summed E-state index contributed by atoms with van der Waals surface area (Å²) in [5.74, 6) is -2.29. The van der Waals surface area contributed by atoms with E-state index in [1.807, 2.05) is 0 Å². The van der Waals surface area contributed by atoms with E-state index in [1.54, 1.807) is 18.2 Å². The average molecular weight is 649 g/mol. The first kappa shape index (κ1) is 33.0. The highest BCUT2D eigenvalue weighted by atomic mass is 35.5. The van der Waals surface area contributed by atoms with E-state index in [2.05, 4.69) is 25.9 Å². The fourth-order valence-corrected chi connectivity index (χ4v) is 4.97. The van der Waals surface area contributed by atoms with Gasteiger partial charge in [-0.1, -0.05) is 18.2 Å². The summed E-state index contributed by atoms with van der Waals surface area (Å²) in [4.78, 5) is 22.2. The van der Waals surface area contributed by atoms with E-state index in [0.717, 1.165) is 38.1 Å². The van der Waals surface area contributed by atoms with Crippen LogP contribution in [0.1, 0.15) is 23.2 Å². The van der Waals surface area contributed by atoms with Crippen molar-refractivity contribution in [2.45, 2.75) is 25.0 Å². The van der Waals surface area contributed by atoms with E-state index in [-0.39, 0.29) is 54.3 Å². The van der Waals surface area contributed by atoms with Crippen molar-refractivity contribution in [1.82, 2.24) is 20.6 Å². The van der Waals surface area contributed by atoms with Gasteiger partial charge >= 0.3 is 0 Å². The third-order valence-corrected chi connectivity index (χ3v) is 7.19. The van der Waals surface area contributed by atoms with Gasteiger partial charge in [-0.15, -0.1) is 24.8 Å². The van der Waals surface area contributed by atoms with Crippen LogP contribution in [0.4, 0.5) is 18.9 Å². The van der Waals surface area contributed by atoms with Crippen LogP contribution in [0, 0.1) is 17.5 Å². The van der Waals surface area contributed by atoms with Crippen LogP contribution in [0.15, 0.2) is 67.0 Å². The molecule has 2 saturated heterocycles. The Hall–Kier alpha value is -3.90. The number of amides is 1. The summed E-state index contributed by atoms with van der Waals surface area (Å²) < 4.78 is 53.6. The molecule has 4 aromatic rings. The highest BCUT2D eigenvalue weighted by molar-refractivity contribution is 6.05. The number of nitrogens with zero attached hydrogens (tertiary/aromatic N) is 2. The lowest BCUT2D eigenvalue weighted by molar-refractivity contribution is 0.102. The minimum Gasteiger partial charge on any atom is -0.473 e. The standard InChI is InChI=1S/C31H28F3N5O3.2ClH/c32-21-4-1-18(2-5-21)26-13-22(15-38-31(26)42-24-8-10-36-17-24)39-29(40)20-11-25(19-3-6-27(33)28(34)12-19)30(37-14-20)41-23-7-9-35-16-23;;/h1-6,11-15,23-24,35-36H,7-10,16-17H2,(H,39,40);2*1H/t23-,24-;;/m0../s1. The Labute approximate surface area is 264 Å². The molecule has 2 fully saturated rings. The summed E-state index contributed by atoms with van der Waals surface area (Å²) in [5.41, 5.74) is 2.49. The molecule has 1 amide bonds. The Morgan fingerprint density at radius 1 is 0.750 bits per heavy atom. The molecule has 8 nitrogen and oxygen atoms in total. The molecule has 0 radical (unpaired) electrons. The van der Waals surface area contributed by atoms with Crippen LogP contribution in [-0.4, -0.2) is 54.3 Å². The number of rotatable bonds is 8. The zero-order valence-electron chi connectivity index (χ0n) is 23.3. The van der Waals surface area contributed by atoms with Crippen LogP contribution in [0.2, 0.25) is 0 Å². The molecular weight excluding hydrogens is 618 g/mol. The molecular formula is C31H30Cl2F3N5O3. The number of carbonyl (C=O) groups excluding carboxylic acids is 1. The normalized spacial score (nSPS) is 17.3. The third kappa shape index (κ3) is 7.59. The van der Waals surface area contributed by atoms with E-state index in [4.69, 9.17) is 9.47 Å². The Bertz CT molecular complexity index is 1600. The maximum Gasteiger partial charge on any atom is 0.257 e. The lowest BCUT2D eigenvalue weighted by Gasteiger charge is -2.17. The second-order valence-corrected chi connectivity index (χ2v) is 10.2. The smallest absolute Gasteiger partial charge is 0.257 e. The number of hydrogen-bond donors (Lipinski definition) is 3. The number of anilines is 1. The molecule has 0 unspecified atom stereocenters. The molecule has 6 rings (SSSR count). The van der Waals surface area contributed by atoms with Crippen molar-refractivity contribution in [2.24, 2.45) is 0 Å². The monoisotopic (exact) mass is 647 g/mol. The van der Waals surface area contributed by atoms with E-state index in [9.17, 15) is 18.0 Å². The molecule has 44 heavy (non-hydrogen) atoms. The SMILES string of the molecule is Cl.Cl.O=C(Nc1cnc(O[C@H]2CCNC2)c(-c2ccc(F)cc2)c1)c1cnc(O[C@H]2CCNC2)c(-c2ccc(F)c(F)c2)c1. The number of benzene rings is 2. The predicted octanol–water partition coefficient (Wildman–Crippen LogP) is 5.81. The van der Waals surface area contributed by atoms with Crippen LogP contribution in [-0.2, 0) is 0 Å². The van der Waals surface area contributed by atoms with Gasteiger partial charge in [0.1, 0.15) is 18.0 Å². The summed E-state index contributed by atoms with van der Waals surface area (Å²) in [7, 11) is 0. The maximum atomic E-state index is 14.1. The van der Waals surface area contributed by atoms with Crippen LogP contribution in [0.25, 0.3) is 22.3 Å². The number of ether oxygens (including phenoxy) is 2. The predicted molar refractivity (Wildman–Crippen MR) is 165 cm³/mol. The van der Waals surface area contributed by atoms with E-state index in [1.165, 1.54) is 36.7 Å². The Morgan fingerprint density at radius 3 is 1.93 bits per heavy atom. The van der Waals surface area contributed by atoms with Gasteiger partial charge in [0.15, 0.2) is 11.6 Å². The van der Waals surface area contributed by atoms with Crippen molar-refractivity contribution in [3.63, 3.8) is 0 Å². The molecule has 2 aromatic carbocycles. The minimum absolute atomic E-state index is 0. The van der Waals surface area contributed by atoms with Crippen molar-refractivity contribution >= 4 is 36.4 Å². The summed E-state index contributed by atoms with van der Waals surface area (Å²) in [6.45, 7) is 2.95. The first-order valence-corrected chi connectivity index (χ1v) is 13.7. The lowest BCUT2D eigenvalue weighted by atomic mass is 10.0. The fourth-order valence-electron chi connectivity index (χ4n) is 4.97. The van der Waals surface area contributed by atoms with Gasteiger partial charge in [0.05, 0.1) is 17.4 Å². The fraction of sp³-hybridized carbons (Fsp3) is 0.258. The molecule has 0 bridgehead atoms. The molecule has 0 aliphatic carbocycles. The topological polar surface area (TPSA) is 97.4 Å². The molecule has 3 N–H and O–H groups in total. The molecule has 0 saturated carbocycles. The second kappa shape index (κ2) is 14.7. The number of hydrogen-bond acceptors (Lipinski definition) is 7. The third-order valence-electron chi connectivity index (χ3n) is 7.19. The van der Waals surface area contributed by atoms with Crippen LogP contribution in [0.5, 0.6) is 11.8 Å². The summed E-state index contributed by atoms with van der Waals surface area (Å²) in [6.07, 6.45) is 4.25. The molecule has 2 atom stereocenters. The highest BCUT2D eigenvalue weighted by Gasteiger charge is 2.23. The van der Waals surface area contributed by atoms with Gasteiger partial charge in [0.25, 0.3) is 5.91 Å². The zero-order chi connectivity index (χ0) is 29.1. The van der Waals surface area contributed by atoms with Crippen molar-refractivity contribution in [2.75, 3.05) is 31.5 Å². The average Bonchev–Trinajstić information content (AvgIpc) is 3.71. The molecule has 232 valence electrons. The van der Waals surface area contributed by atoms with Crippen molar-refractivity contribution in [3.05, 3.63) is 90.0 Å². The highest BCUT2D eigenvalue weighted by Crippen LogP contribution is 2.34. The van der Waals surface area contributed by atoms with Crippen LogP contribution < -0.4 is 25.4 Å². The van der Waals surface area contributed by atoms with E-state index in [0.29, 0.717) is 46.9 Å². The largest absolute Gasteiger partial charge is 0.473 e. The Kier molecular flexibility index (Phi) is 11.0. The van der Waals surface area contributed by atoms with Crippen molar-refractivity contribution < 1.29 is 27.4 Å². The first-order chi connectivity index (χ1) is 20.4. The molecule has 13 heteroatoms. The van der Waals surface area contributed by atoms with Gasteiger partial charge in [-0.25, -0.2) is 23.1 Å². The minimum atomic E-state index is -1.02. The second-order valence-electron chi connectivity index (χ2n) is 10.2. The number of halogens is 5. The number of pyridine rings is 2. The van der Waals surface area contributed by atoms with Crippen molar-refractivity contribution in [3.8, 4) is 34.0 Å². The lowest BCUT2D eigenvalue weighted by Crippen LogP contribution is -2.21. The van der Waals surface area contributed by atoms with Crippen molar-refractivity contribution in [1.29, 1.82) is 0 Å². The Balaban J connectivity index is 0.00000221. The Morgan fingerprint density at radius 2 is 1.34 bits per heavy atom. The molecule has 4 heterocycles. The number of carbonyl (C=O) groups is 1. The molecule has 2 aromatic heterocycles. The molecule has 0 spiro atoms.